The van der Waals surface area contributed by atoms with Crippen LogP contribution in [0.5, 0.6) is 5.75 Å². The number of carbonyl (C=O) groups excluding carboxylic acids is 1. The number of likely N-dealkylation sites (N-methyl/N-ethyl adjacent to an activating group) is 1. The van der Waals surface area contributed by atoms with Gasteiger partial charge in [-0.15, -0.1) is 0 Å². The van der Waals surface area contributed by atoms with E-state index in [1.54, 1.807) is 4.90 Å². The zero-order valence-corrected chi connectivity index (χ0v) is 12.3. The van der Waals surface area contributed by atoms with E-state index in [-0.39, 0.29) is 23.6 Å². The molecule has 2 heterocycles. The minimum atomic E-state index is -0.181. The Morgan fingerprint density at radius 3 is 2.90 bits per heavy atom. The van der Waals surface area contributed by atoms with Gasteiger partial charge in [-0.3, -0.25) is 4.79 Å². The number of nitrogens with two attached hydrogens (primary N) is 1. The molecule has 2 aliphatic rings. The summed E-state index contributed by atoms with van der Waals surface area (Å²) >= 11 is 0. The van der Waals surface area contributed by atoms with Gasteiger partial charge in [-0.2, -0.15) is 0 Å². The Balaban J connectivity index is 2.03. The van der Waals surface area contributed by atoms with Crippen LogP contribution in [0.3, 0.4) is 0 Å². The maximum atomic E-state index is 12.0. The molecular formula is C16H22N2O2. The first-order valence-corrected chi connectivity index (χ1v) is 7.21. The van der Waals surface area contributed by atoms with Gasteiger partial charge in [0, 0.05) is 31.5 Å². The first-order valence-electron chi connectivity index (χ1n) is 7.21. The topological polar surface area (TPSA) is 55.6 Å². The predicted octanol–water partition coefficient (Wildman–Crippen LogP) is 2.02. The van der Waals surface area contributed by atoms with Gasteiger partial charge in [0.05, 0.1) is 6.04 Å². The highest BCUT2D eigenvalue weighted by Crippen LogP contribution is 2.43. The number of piperidine rings is 1. The SMILES string of the molecule is CN1C(=O)CCC(N)C1c1cccc2c1OC(C)(C)C2. The van der Waals surface area contributed by atoms with Crippen LogP contribution in [-0.4, -0.2) is 29.5 Å². The highest BCUT2D eigenvalue weighted by atomic mass is 16.5. The van der Waals surface area contributed by atoms with E-state index in [4.69, 9.17) is 10.5 Å². The van der Waals surface area contributed by atoms with Crippen molar-refractivity contribution in [3.05, 3.63) is 29.3 Å². The van der Waals surface area contributed by atoms with Crippen molar-refractivity contribution in [1.29, 1.82) is 0 Å². The van der Waals surface area contributed by atoms with Crippen molar-refractivity contribution < 1.29 is 9.53 Å². The highest BCUT2D eigenvalue weighted by Gasteiger charge is 2.38. The standard InChI is InChI=1S/C16H22N2O2/c1-16(2)9-10-5-4-6-11(15(10)20-16)14-12(17)7-8-13(19)18(14)3/h4-6,12,14H,7-9,17H2,1-3H3. The van der Waals surface area contributed by atoms with Crippen LogP contribution in [0.25, 0.3) is 0 Å². The number of nitrogens with zero attached hydrogens (tertiary/aromatic N) is 1. The third kappa shape index (κ3) is 2.08. The molecule has 0 radical (unpaired) electrons. The van der Waals surface area contributed by atoms with E-state index >= 15 is 0 Å². The Kier molecular flexibility index (Phi) is 3.01. The van der Waals surface area contributed by atoms with Crippen LogP contribution in [0.2, 0.25) is 0 Å². The van der Waals surface area contributed by atoms with E-state index in [0.29, 0.717) is 6.42 Å². The van der Waals surface area contributed by atoms with Gasteiger partial charge in [-0.05, 0) is 25.8 Å². The molecule has 1 aromatic rings. The maximum Gasteiger partial charge on any atom is 0.222 e. The minimum absolute atomic E-state index is 0.0310. The molecule has 2 N–H and O–H groups in total. The number of benzene rings is 1. The van der Waals surface area contributed by atoms with Gasteiger partial charge in [-0.1, -0.05) is 18.2 Å². The number of carbonyl (C=O) groups is 1. The largest absolute Gasteiger partial charge is 0.487 e. The molecule has 4 heteroatoms. The number of ether oxygens (including phenoxy) is 1. The molecule has 0 bridgehead atoms. The Morgan fingerprint density at radius 1 is 1.40 bits per heavy atom. The number of fused-ring (bicyclic) bond motifs is 1. The molecule has 0 spiro atoms. The second kappa shape index (κ2) is 4.48. The highest BCUT2D eigenvalue weighted by molar-refractivity contribution is 5.77. The van der Waals surface area contributed by atoms with Gasteiger partial charge in [0.25, 0.3) is 0 Å². The molecule has 2 atom stereocenters. The minimum Gasteiger partial charge on any atom is -0.487 e. The summed E-state index contributed by atoms with van der Waals surface area (Å²) in [4.78, 5) is 13.8. The number of rotatable bonds is 1. The quantitative estimate of drug-likeness (QED) is 0.852. The summed E-state index contributed by atoms with van der Waals surface area (Å²) in [5, 5.41) is 0. The van der Waals surface area contributed by atoms with Crippen LogP contribution < -0.4 is 10.5 Å². The zero-order valence-electron chi connectivity index (χ0n) is 12.3. The summed E-state index contributed by atoms with van der Waals surface area (Å²) in [6.45, 7) is 4.18. The van der Waals surface area contributed by atoms with Crippen molar-refractivity contribution in [2.24, 2.45) is 5.73 Å². The average molecular weight is 274 g/mol. The van der Waals surface area contributed by atoms with E-state index in [2.05, 4.69) is 19.9 Å². The monoisotopic (exact) mass is 274 g/mol. The van der Waals surface area contributed by atoms with E-state index in [9.17, 15) is 4.79 Å². The Labute approximate surface area is 119 Å². The van der Waals surface area contributed by atoms with Gasteiger partial charge < -0.3 is 15.4 Å². The van der Waals surface area contributed by atoms with Crippen LogP contribution in [0.4, 0.5) is 0 Å². The third-order valence-electron chi connectivity index (χ3n) is 4.35. The summed E-state index contributed by atoms with van der Waals surface area (Å²) in [5.41, 5.74) is 8.36. The van der Waals surface area contributed by atoms with E-state index in [1.165, 1.54) is 5.56 Å². The fourth-order valence-electron chi connectivity index (χ4n) is 3.38. The third-order valence-corrected chi connectivity index (χ3v) is 4.35. The number of amides is 1. The second-order valence-corrected chi connectivity index (χ2v) is 6.53. The number of hydrogen-bond donors (Lipinski definition) is 1. The first-order chi connectivity index (χ1) is 9.39. The van der Waals surface area contributed by atoms with Crippen molar-refractivity contribution in [3.8, 4) is 5.75 Å². The molecule has 4 nitrogen and oxygen atoms in total. The van der Waals surface area contributed by atoms with Gasteiger partial charge in [0.15, 0.2) is 0 Å². The van der Waals surface area contributed by atoms with E-state index in [0.717, 1.165) is 24.2 Å². The van der Waals surface area contributed by atoms with Gasteiger partial charge in [-0.25, -0.2) is 0 Å². The summed E-state index contributed by atoms with van der Waals surface area (Å²) in [6, 6.07) is 6.07. The van der Waals surface area contributed by atoms with Crippen molar-refractivity contribution in [2.45, 2.75) is 50.8 Å². The molecule has 2 aliphatic heterocycles. The normalized spacial score (nSPS) is 28.2. The van der Waals surface area contributed by atoms with E-state index in [1.807, 2.05) is 19.2 Å². The van der Waals surface area contributed by atoms with Gasteiger partial charge >= 0.3 is 0 Å². The summed E-state index contributed by atoms with van der Waals surface area (Å²) < 4.78 is 6.12. The molecule has 1 saturated heterocycles. The summed E-state index contributed by atoms with van der Waals surface area (Å²) in [6.07, 6.45) is 2.17. The summed E-state index contributed by atoms with van der Waals surface area (Å²) in [7, 11) is 1.84. The molecule has 1 amide bonds. The molecule has 20 heavy (non-hydrogen) atoms. The molecule has 3 rings (SSSR count). The van der Waals surface area contributed by atoms with Crippen LogP contribution in [0, 0.1) is 0 Å². The number of hydrogen-bond acceptors (Lipinski definition) is 3. The lowest BCUT2D eigenvalue weighted by Crippen LogP contribution is -2.47. The van der Waals surface area contributed by atoms with Crippen molar-refractivity contribution >= 4 is 5.91 Å². The maximum absolute atomic E-state index is 12.0. The fraction of sp³-hybridized carbons (Fsp3) is 0.562. The predicted molar refractivity (Wildman–Crippen MR) is 77.6 cm³/mol. The zero-order chi connectivity index (χ0) is 14.5. The molecule has 1 aromatic carbocycles. The molecule has 108 valence electrons. The van der Waals surface area contributed by atoms with Crippen molar-refractivity contribution in [3.63, 3.8) is 0 Å². The lowest BCUT2D eigenvalue weighted by atomic mass is 9.89. The number of likely N-dealkylation sites (tertiary alicyclic amines) is 1. The first kappa shape index (κ1) is 13.4. The molecule has 0 aliphatic carbocycles. The lowest BCUT2D eigenvalue weighted by Gasteiger charge is -2.38. The van der Waals surface area contributed by atoms with Crippen LogP contribution in [0.15, 0.2) is 18.2 Å². The lowest BCUT2D eigenvalue weighted by molar-refractivity contribution is -0.135. The van der Waals surface area contributed by atoms with Crippen molar-refractivity contribution in [1.82, 2.24) is 4.90 Å². The fourth-order valence-corrected chi connectivity index (χ4v) is 3.38. The second-order valence-electron chi connectivity index (χ2n) is 6.53. The molecular weight excluding hydrogens is 252 g/mol. The van der Waals surface area contributed by atoms with Crippen molar-refractivity contribution in [2.75, 3.05) is 7.05 Å². The number of para-hydroxylation sites is 1. The Morgan fingerprint density at radius 2 is 2.15 bits per heavy atom. The molecule has 2 unspecified atom stereocenters. The average Bonchev–Trinajstić information content (AvgIpc) is 2.69. The van der Waals surface area contributed by atoms with Crippen LogP contribution in [-0.2, 0) is 11.2 Å². The molecule has 0 saturated carbocycles. The van der Waals surface area contributed by atoms with E-state index < -0.39 is 0 Å². The smallest absolute Gasteiger partial charge is 0.222 e. The Bertz CT molecular complexity index is 553. The molecule has 0 aromatic heterocycles. The van der Waals surface area contributed by atoms with Crippen LogP contribution >= 0.6 is 0 Å². The molecule has 1 fully saturated rings. The van der Waals surface area contributed by atoms with Gasteiger partial charge in [0.1, 0.15) is 11.4 Å². The Hall–Kier alpha value is -1.55. The van der Waals surface area contributed by atoms with Crippen LogP contribution in [0.1, 0.15) is 43.9 Å². The summed E-state index contributed by atoms with van der Waals surface area (Å²) in [5.74, 6) is 1.09. The van der Waals surface area contributed by atoms with Gasteiger partial charge in [0.2, 0.25) is 5.91 Å².